The third-order valence-electron chi connectivity index (χ3n) is 2.36. The molecule has 0 aliphatic heterocycles. The molecule has 5 nitrogen and oxygen atoms in total. The van der Waals surface area contributed by atoms with Gasteiger partial charge in [0, 0.05) is 6.20 Å². The average Bonchev–Trinajstić information content (AvgIpc) is 2.82. The van der Waals surface area contributed by atoms with Gasteiger partial charge in [0.1, 0.15) is 23.3 Å². The number of carbonyl (C=O) groups is 1. The second-order valence-corrected chi connectivity index (χ2v) is 3.74. The Balaban J connectivity index is 1.97. The van der Waals surface area contributed by atoms with Crippen LogP contribution in [0.2, 0.25) is 0 Å². The first-order valence-electron chi connectivity index (χ1n) is 5.38. The van der Waals surface area contributed by atoms with Crippen LogP contribution in [-0.2, 0) is 6.54 Å². The zero-order valence-electron chi connectivity index (χ0n) is 9.80. The molecule has 18 heavy (non-hydrogen) atoms. The van der Waals surface area contributed by atoms with E-state index in [4.69, 9.17) is 9.68 Å². The Morgan fingerprint density at radius 1 is 1.44 bits per heavy atom. The minimum atomic E-state index is -0.249. The van der Waals surface area contributed by atoms with Gasteiger partial charge >= 0.3 is 0 Å². The minimum Gasteiger partial charge on any atom is -0.465 e. The fraction of sp³-hybridized carbons (Fsp3) is 0.154. The van der Waals surface area contributed by atoms with Gasteiger partial charge < -0.3 is 9.73 Å². The second kappa shape index (κ2) is 5.15. The smallest absolute Gasteiger partial charge is 0.253 e. The standard InChI is InChI=1S/C13H11N3O2/c1-9-2-5-12(18-9)8-16-13(17)10-3-4-11(6-14)15-7-10/h2-5,7H,8H2,1H3,(H,16,17). The molecular weight excluding hydrogens is 230 g/mol. The van der Waals surface area contributed by atoms with Crippen molar-refractivity contribution in [2.75, 3.05) is 0 Å². The fourth-order valence-corrected chi connectivity index (χ4v) is 1.44. The van der Waals surface area contributed by atoms with Crippen LogP contribution in [0.1, 0.15) is 27.6 Å². The number of pyridine rings is 1. The monoisotopic (exact) mass is 241 g/mol. The lowest BCUT2D eigenvalue weighted by atomic mass is 10.2. The van der Waals surface area contributed by atoms with E-state index in [0.29, 0.717) is 17.9 Å². The Morgan fingerprint density at radius 3 is 2.83 bits per heavy atom. The molecular formula is C13H11N3O2. The normalized spacial score (nSPS) is 9.78. The van der Waals surface area contributed by atoms with Gasteiger partial charge in [-0.15, -0.1) is 0 Å². The number of carbonyl (C=O) groups excluding carboxylic acids is 1. The van der Waals surface area contributed by atoms with Crippen LogP contribution in [0.25, 0.3) is 0 Å². The maximum Gasteiger partial charge on any atom is 0.253 e. The van der Waals surface area contributed by atoms with Gasteiger partial charge in [-0.2, -0.15) is 5.26 Å². The van der Waals surface area contributed by atoms with Gasteiger partial charge in [-0.05, 0) is 31.2 Å². The molecule has 1 N–H and O–H groups in total. The van der Waals surface area contributed by atoms with E-state index >= 15 is 0 Å². The SMILES string of the molecule is Cc1ccc(CNC(=O)c2ccc(C#N)nc2)o1. The Morgan fingerprint density at radius 2 is 2.28 bits per heavy atom. The zero-order valence-corrected chi connectivity index (χ0v) is 9.80. The summed E-state index contributed by atoms with van der Waals surface area (Å²) in [6.07, 6.45) is 1.38. The molecule has 2 heterocycles. The summed E-state index contributed by atoms with van der Waals surface area (Å²) in [5.41, 5.74) is 0.700. The van der Waals surface area contributed by atoms with Crippen molar-refractivity contribution >= 4 is 5.91 Å². The van der Waals surface area contributed by atoms with E-state index in [1.54, 1.807) is 6.07 Å². The molecule has 0 bridgehead atoms. The number of nitriles is 1. The summed E-state index contributed by atoms with van der Waals surface area (Å²) in [5, 5.41) is 11.3. The topological polar surface area (TPSA) is 78.9 Å². The zero-order chi connectivity index (χ0) is 13.0. The summed E-state index contributed by atoms with van der Waals surface area (Å²) < 4.78 is 5.33. The highest BCUT2D eigenvalue weighted by atomic mass is 16.3. The van der Waals surface area contributed by atoms with Crippen LogP contribution in [0.5, 0.6) is 0 Å². The van der Waals surface area contributed by atoms with Crippen molar-refractivity contribution in [3.63, 3.8) is 0 Å². The predicted molar refractivity (Wildman–Crippen MR) is 63.6 cm³/mol. The molecule has 0 unspecified atom stereocenters. The highest BCUT2D eigenvalue weighted by Crippen LogP contribution is 2.06. The molecule has 0 atom stereocenters. The van der Waals surface area contributed by atoms with Crippen molar-refractivity contribution in [3.8, 4) is 6.07 Å². The third kappa shape index (κ3) is 2.74. The summed E-state index contributed by atoms with van der Waals surface area (Å²) in [5.74, 6) is 1.25. The van der Waals surface area contributed by atoms with Crippen molar-refractivity contribution in [2.45, 2.75) is 13.5 Å². The van der Waals surface area contributed by atoms with Gasteiger partial charge in [-0.1, -0.05) is 0 Å². The number of hydrogen-bond acceptors (Lipinski definition) is 4. The minimum absolute atomic E-state index is 0.249. The van der Waals surface area contributed by atoms with Crippen molar-refractivity contribution < 1.29 is 9.21 Å². The Labute approximate surface area is 104 Å². The van der Waals surface area contributed by atoms with E-state index in [1.165, 1.54) is 12.3 Å². The van der Waals surface area contributed by atoms with E-state index in [0.717, 1.165) is 5.76 Å². The van der Waals surface area contributed by atoms with E-state index in [2.05, 4.69) is 10.3 Å². The number of furan rings is 1. The Kier molecular flexibility index (Phi) is 3.39. The number of nitrogens with one attached hydrogen (secondary N) is 1. The molecule has 2 rings (SSSR count). The average molecular weight is 241 g/mol. The number of amides is 1. The van der Waals surface area contributed by atoms with Gasteiger partial charge in [0.2, 0.25) is 0 Å². The lowest BCUT2D eigenvalue weighted by Gasteiger charge is -2.02. The summed E-state index contributed by atoms with van der Waals surface area (Å²) in [4.78, 5) is 15.6. The van der Waals surface area contributed by atoms with Crippen molar-refractivity contribution in [1.82, 2.24) is 10.3 Å². The number of aryl methyl sites for hydroxylation is 1. The van der Waals surface area contributed by atoms with Crippen molar-refractivity contribution in [2.24, 2.45) is 0 Å². The quantitative estimate of drug-likeness (QED) is 0.888. The Bertz CT molecular complexity index is 593. The molecule has 0 spiro atoms. The maximum atomic E-state index is 11.7. The molecule has 0 aliphatic carbocycles. The van der Waals surface area contributed by atoms with E-state index in [9.17, 15) is 4.79 Å². The first-order valence-corrected chi connectivity index (χ1v) is 5.38. The summed E-state index contributed by atoms with van der Waals surface area (Å²) in [7, 11) is 0. The molecule has 0 saturated heterocycles. The molecule has 0 radical (unpaired) electrons. The van der Waals surface area contributed by atoms with Crippen LogP contribution >= 0.6 is 0 Å². The first kappa shape index (κ1) is 11.9. The lowest BCUT2D eigenvalue weighted by molar-refractivity contribution is 0.0947. The largest absolute Gasteiger partial charge is 0.465 e. The number of aromatic nitrogens is 1. The van der Waals surface area contributed by atoms with Crippen LogP contribution in [0.4, 0.5) is 0 Å². The van der Waals surface area contributed by atoms with Gasteiger partial charge in [-0.3, -0.25) is 4.79 Å². The Hall–Kier alpha value is -2.61. The molecule has 0 aromatic carbocycles. The number of nitrogens with zero attached hydrogens (tertiary/aromatic N) is 2. The molecule has 5 heteroatoms. The fourth-order valence-electron chi connectivity index (χ4n) is 1.44. The van der Waals surface area contributed by atoms with E-state index < -0.39 is 0 Å². The third-order valence-corrected chi connectivity index (χ3v) is 2.36. The summed E-state index contributed by atoms with van der Waals surface area (Å²) in [6.45, 7) is 2.17. The number of rotatable bonds is 3. The lowest BCUT2D eigenvalue weighted by Crippen LogP contribution is -2.22. The molecule has 2 aromatic rings. The molecule has 2 aromatic heterocycles. The van der Waals surface area contributed by atoms with Gasteiger partial charge in [-0.25, -0.2) is 4.98 Å². The van der Waals surface area contributed by atoms with Gasteiger partial charge in [0.05, 0.1) is 12.1 Å². The molecule has 0 saturated carbocycles. The van der Waals surface area contributed by atoms with Crippen molar-refractivity contribution in [3.05, 3.63) is 53.2 Å². The molecule has 1 amide bonds. The second-order valence-electron chi connectivity index (χ2n) is 3.74. The molecule has 90 valence electrons. The highest BCUT2D eigenvalue weighted by molar-refractivity contribution is 5.93. The molecule has 0 fully saturated rings. The van der Waals surface area contributed by atoms with Crippen LogP contribution < -0.4 is 5.32 Å². The van der Waals surface area contributed by atoms with Crippen molar-refractivity contribution in [1.29, 1.82) is 5.26 Å². The maximum absolute atomic E-state index is 11.7. The van der Waals surface area contributed by atoms with Crippen LogP contribution in [0.15, 0.2) is 34.9 Å². The highest BCUT2D eigenvalue weighted by Gasteiger charge is 2.07. The van der Waals surface area contributed by atoms with Crippen LogP contribution in [0.3, 0.4) is 0 Å². The van der Waals surface area contributed by atoms with Gasteiger partial charge in [0.25, 0.3) is 5.91 Å². The predicted octanol–water partition coefficient (Wildman–Crippen LogP) is 1.78. The van der Waals surface area contributed by atoms with Gasteiger partial charge in [0.15, 0.2) is 0 Å². The summed E-state index contributed by atoms with van der Waals surface area (Å²) in [6, 6.07) is 8.62. The van der Waals surface area contributed by atoms with E-state index in [1.807, 2.05) is 25.1 Å². The first-order chi connectivity index (χ1) is 8.69. The number of hydrogen-bond donors (Lipinski definition) is 1. The van der Waals surface area contributed by atoms with E-state index in [-0.39, 0.29) is 11.6 Å². The molecule has 0 aliphatic rings. The van der Waals surface area contributed by atoms with Crippen LogP contribution in [0, 0.1) is 18.3 Å². The van der Waals surface area contributed by atoms with Crippen LogP contribution in [-0.4, -0.2) is 10.9 Å². The summed E-state index contributed by atoms with van der Waals surface area (Å²) >= 11 is 0.